The fourth-order valence-electron chi connectivity index (χ4n) is 5.02. The minimum Gasteiger partial charge on any atom is -0.387 e. The molecule has 2 aliphatic heterocycles. The summed E-state index contributed by atoms with van der Waals surface area (Å²) in [6.45, 7) is 5.06. The first-order valence-electron chi connectivity index (χ1n) is 9.39. The van der Waals surface area contributed by atoms with Gasteiger partial charge in [0.05, 0.1) is 11.8 Å². The van der Waals surface area contributed by atoms with Gasteiger partial charge in [-0.3, -0.25) is 0 Å². The summed E-state index contributed by atoms with van der Waals surface area (Å²) in [5.74, 6) is 1.32. The van der Waals surface area contributed by atoms with Crippen LogP contribution in [0.3, 0.4) is 0 Å². The maximum atomic E-state index is 10.2. The van der Waals surface area contributed by atoms with E-state index in [2.05, 4.69) is 39.2 Å². The number of halogens is 1. The monoisotopic (exact) mass is 370 g/mol. The van der Waals surface area contributed by atoms with Crippen LogP contribution in [0.4, 0.5) is 11.5 Å². The Labute approximate surface area is 158 Å². The summed E-state index contributed by atoms with van der Waals surface area (Å²) < 4.78 is 0. The average molecular weight is 371 g/mol. The van der Waals surface area contributed by atoms with Crippen molar-refractivity contribution in [2.75, 3.05) is 29.9 Å². The Bertz CT molecular complexity index is 863. The first-order chi connectivity index (χ1) is 12.6. The van der Waals surface area contributed by atoms with Crippen molar-refractivity contribution >= 4 is 23.1 Å². The number of benzene rings is 1. The van der Waals surface area contributed by atoms with Gasteiger partial charge in [-0.1, -0.05) is 18.5 Å². The zero-order valence-corrected chi connectivity index (χ0v) is 15.6. The van der Waals surface area contributed by atoms with Crippen LogP contribution in [-0.4, -0.2) is 34.7 Å². The molecule has 1 spiro atoms. The highest BCUT2D eigenvalue weighted by Gasteiger charge is 2.43. The molecule has 0 amide bonds. The van der Waals surface area contributed by atoms with Crippen LogP contribution in [0.15, 0.2) is 24.5 Å². The van der Waals surface area contributed by atoms with Crippen LogP contribution in [0.1, 0.15) is 55.0 Å². The summed E-state index contributed by atoms with van der Waals surface area (Å²) in [5.41, 5.74) is 4.72. The van der Waals surface area contributed by atoms with E-state index in [0.29, 0.717) is 5.92 Å². The maximum absolute atomic E-state index is 10.2. The molecule has 0 unspecified atom stereocenters. The van der Waals surface area contributed by atoms with E-state index in [1.54, 1.807) is 6.33 Å². The predicted molar refractivity (Wildman–Crippen MR) is 103 cm³/mol. The minimum atomic E-state index is -0.453. The van der Waals surface area contributed by atoms with Crippen molar-refractivity contribution in [1.82, 2.24) is 9.97 Å². The number of hydrogen-bond donors (Lipinski definition) is 2. The molecular weight excluding hydrogens is 348 g/mol. The van der Waals surface area contributed by atoms with Crippen LogP contribution in [0.2, 0.25) is 5.02 Å². The lowest BCUT2D eigenvalue weighted by atomic mass is 9.74. The molecule has 0 radical (unpaired) electrons. The third-order valence-electron chi connectivity index (χ3n) is 6.47. The summed E-state index contributed by atoms with van der Waals surface area (Å²) in [6.07, 6.45) is 4.04. The van der Waals surface area contributed by atoms with Crippen molar-refractivity contribution < 1.29 is 5.11 Å². The summed E-state index contributed by atoms with van der Waals surface area (Å²) in [4.78, 5) is 11.3. The fraction of sp³-hybridized carbons (Fsp3) is 0.500. The Morgan fingerprint density at radius 2 is 2.08 bits per heavy atom. The van der Waals surface area contributed by atoms with E-state index in [-0.39, 0.29) is 5.41 Å². The number of nitrogens with zero attached hydrogens (tertiary/aromatic N) is 3. The highest BCUT2D eigenvalue weighted by Crippen LogP contribution is 2.47. The van der Waals surface area contributed by atoms with E-state index in [1.807, 2.05) is 6.07 Å². The third kappa shape index (κ3) is 2.33. The molecule has 136 valence electrons. The molecule has 2 atom stereocenters. The number of fused-ring (bicyclic) bond motifs is 3. The van der Waals surface area contributed by atoms with Crippen molar-refractivity contribution in [3.05, 3.63) is 46.4 Å². The molecular formula is C20H23ClN4O. The smallest absolute Gasteiger partial charge is 0.135 e. The predicted octanol–water partition coefficient (Wildman–Crippen LogP) is 3.63. The van der Waals surface area contributed by atoms with Gasteiger partial charge in [0, 0.05) is 41.3 Å². The van der Waals surface area contributed by atoms with Gasteiger partial charge in [-0.2, -0.15) is 0 Å². The molecule has 3 heterocycles. The standard InChI is InChI=1S/C20H23ClN4O/c1-12-8-16(26)18-17(12)19(24-11-23-18)25-6-4-20(5-7-25)10-22-15-3-2-13(21)9-14(15)20/h2-3,9,11-12,16,22,26H,4-8,10H2,1H3/t12-,16+/m1/s1. The average Bonchev–Trinajstić information content (AvgIpc) is 3.14. The number of aromatic nitrogens is 2. The molecule has 1 fully saturated rings. The highest BCUT2D eigenvalue weighted by atomic mass is 35.5. The summed E-state index contributed by atoms with van der Waals surface area (Å²) in [7, 11) is 0. The molecule has 5 nitrogen and oxygen atoms in total. The van der Waals surface area contributed by atoms with E-state index in [9.17, 15) is 5.11 Å². The molecule has 26 heavy (non-hydrogen) atoms. The van der Waals surface area contributed by atoms with E-state index >= 15 is 0 Å². The van der Waals surface area contributed by atoms with Gasteiger partial charge in [0.15, 0.2) is 0 Å². The van der Waals surface area contributed by atoms with Gasteiger partial charge >= 0.3 is 0 Å². The number of aliphatic hydroxyl groups excluding tert-OH is 1. The number of nitrogens with one attached hydrogen (secondary N) is 1. The van der Waals surface area contributed by atoms with Crippen LogP contribution in [-0.2, 0) is 5.41 Å². The molecule has 1 aromatic carbocycles. The molecule has 2 aromatic rings. The van der Waals surface area contributed by atoms with E-state index in [4.69, 9.17) is 11.6 Å². The Morgan fingerprint density at radius 1 is 1.27 bits per heavy atom. The van der Waals surface area contributed by atoms with Crippen molar-refractivity contribution in [1.29, 1.82) is 0 Å². The number of piperidine rings is 1. The minimum absolute atomic E-state index is 0.165. The van der Waals surface area contributed by atoms with Crippen molar-refractivity contribution in [2.45, 2.75) is 43.6 Å². The number of hydrogen-bond acceptors (Lipinski definition) is 5. The second kappa shape index (κ2) is 5.83. The van der Waals surface area contributed by atoms with E-state index in [1.165, 1.54) is 11.3 Å². The number of anilines is 2. The van der Waals surface area contributed by atoms with E-state index < -0.39 is 6.10 Å². The maximum Gasteiger partial charge on any atom is 0.135 e. The first-order valence-corrected chi connectivity index (χ1v) is 9.77. The second-order valence-electron chi connectivity index (χ2n) is 7.96. The van der Waals surface area contributed by atoms with Crippen LogP contribution >= 0.6 is 11.6 Å². The molecule has 0 bridgehead atoms. The van der Waals surface area contributed by atoms with Gasteiger partial charge in [-0.05, 0) is 48.9 Å². The Kier molecular flexibility index (Phi) is 3.66. The largest absolute Gasteiger partial charge is 0.387 e. The Hall–Kier alpha value is -1.85. The van der Waals surface area contributed by atoms with Crippen LogP contribution in [0.25, 0.3) is 0 Å². The molecule has 0 saturated carbocycles. The summed E-state index contributed by atoms with van der Waals surface area (Å²) in [5, 5.41) is 14.6. The third-order valence-corrected chi connectivity index (χ3v) is 6.70. The molecule has 1 aliphatic carbocycles. The number of rotatable bonds is 1. The van der Waals surface area contributed by atoms with Crippen LogP contribution in [0.5, 0.6) is 0 Å². The van der Waals surface area contributed by atoms with Gasteiger partial charge in [0.2, 0.25) is 0 Å². The van der Waals surface area contributed by atoms with Crippen molar-refractivity contribution in [2.24, 2.45) is 0 Å². The molecule has 2 N–H and O–H groups in total. The summed E-state index contributed by atoms with van der Waals surface area (Å²) in [6, 6.07) is 6.19. The molecule has 5 rings (SSSR count). The fourth-order valence-corrected chi connectivity index (χ4v) is 5.19. The molecule has 1 aromatic heterocycles. The van der Waals surface area contributed by atoms with E-state index in [0.717, 1.165) is 61.0 Å². The topological polar surface area (TPSA) is 61.3 Å². The summed E-state index contributed by atoms with van der Waals surface area (Å²) >= 11 is 6.27. The highest BCUT2D eigenvalue weighted by molar-refractivity contribution is 6.30. The van der Waals surface area contributed by atoms with Crippen molar-refractivity contribution in [3.8, 4) is 0 Å². The van der Waals surface area contributed by atoms with Gasteiger partial charge in [0.25, 0.3) is 0 Å². The quantitative estimate of drug-likeness (QED) is 0.802. The zero-order valence-electron chi connectivity index (χ0n) is 14.9. The molecule has 1 saturated heterocycles. The zero-order chi connectivity index (χ0) is 17.9. The second-order valence-corrected chi connectivity index (χ2v) is 8.40. The van der Waals surface area contributed by atoms with Gasteiger partial charge < -0.3 is 15.3 Å². The lowest BCUT2D eigenvalue weighted by Crippen LogP contribution is -2.44. The SMILES string of the molecule is C[C@@H]1C[C@H](O)c2ncnc(N3CCC4(CC3)CNc3ccc(Cl)cc34)c21. The lowest BCUT2D eigenvalue weighted by molar-refractivity contribution is 0.170. The molecule has 6 heteroatoms. The van der Waals surface area contributed by atoms with Crippen molar-refractivity contribution in [3.63, 3.8) is 0 Å². The van der Waals surface area contributed by atoms with Gasteiger partial charge in [-0.25, -0.2) is 9.97 Å². The number of aliphatic hydroxyl groups is 1. The normalized spacial score (nSPS) is 25.9. The first kappa shape index (κ1) is 16.3. The van der Waals surface area contributed by atoms with Crippen LogP contribution < -0.4 is 10.2 Å². The lowest BCUT2D eigenvalue weighted by Gasteiger charge is -2.40. The Morgan fingerprint density at radius 3 is 2.88 bits per heavy atom. The van der Waals surface area contributed by atoms with Gasteiger partial charge in [0.1, 0.15) is 12.1 Å². The van der Waals surface area contributed by atoms with Crippen LogP contribution in [0, 0.1) is 0 Å². The van der Waals surface area contributed by atoms with Gasteiger partial charge in [-0.15, -0.1) is 0 Å². The Balaban J connectivity index is 1.43. The molecule has 3 aliphatic rings.